The predicted octanol–water partition coefficient (Wildman–Crippen LogP) is 2.16. The number of benzene rings is 1. The lowest BCUT2D eigenvalue weighted by Gasteiger charge is -2.33. The van der Waals surface area contributed by atoms with Crippen LogP contribution < -0.4 is 11.1 Å². The summed E-state index contributed by atoms with van der Waals surface area (Å²) in [6.45, 7) is 3.25. The lowest BCUT2D eigenvalue weighted by Crippen LogP contribution is -2.39. The number of hydrogen-bond donors (Lipinski definition) is 2. The first-order valence-corrected chi connectivity index (χ1v) is 5.32. The van der Waals surface area contributed by atoms with E-state index in [0.29, 0.717) is 0 Å². The summed E-state index contributed by atoms with van der Waals surface area (Å²) in [7, 11) is 0. The van der Waals surface area contributed by atoms with Crippen LogP contribution in [0.2, 0.25) is 0 Å². The van der Waals surface area contributed by atoms with Crippen molar-refractivity contribution in [3.8, 4) is 0 Å². The summed E-state index contributed by atoms with van der Waals surface area (Å²) in [6, 6.07) is 8.82. The van der Waals surface area contributed by atoms with Crippen LogP contribution in [-0.4, -0.2) is 6.04 Å². The molecular formula is C12H18N2. The summed E-state index contributed by atoms with van der Waals surface area (Å²) >= 11 is 0. The molecule has 0 saturated heterocycles. The molecular weight excluding hydrogens is 172 g/mol. The Balaban J connectivity index is 1.80. The molecule has 3 N–H and O–H groups in total. The molecule has 0 radical (unpaired) electrons. The van der Waals surface area contributed by atoms with Crippen LogP contribution in [0.5, 0.6) is 0 Å². The molecule has 1 saturated carbocycles. The molecule has 1 aliphatic rings. The molecule has 1 aliphatic carbocycles. The molecule has 0 aliphatic heterocycles. The van der Waals surface area contributed by atoms with Gasteiger partial charge in [-0.1, -0.05) is 19.1 Å². The zero-order valence-corrected chi connectivity index (χ0v) is 8.66. The van der Waals surface area contributed by atoms with Gasteiger partial charge in [0.2, 0.25) is 0 Å². The van der Waals surface area contributed by atoms with Gasteiger partial charge in [0.15, 0.2) is 0 Å². The molecule has 0 spiro atoms. The largest absolute Gasteiger partial charge is 0.399 e. The average Bonchev–Trinajstić information content (AvgIpc) is 2.11. The molecule has 76 valence electrons. The lowest BCUT2D eigenvalue weighted by molar-refractivity contribution is 0.240. The minimum atomic E-state index is 0.728. The molecule has 0 aromatic heterocycles. The Labute approximate surface area is 85.5 Å². The number of rotatable bonds is 3. The average molecular weight is 190 g/mol. The fraction of sp³-hybridized carbons (Fsp3) is 0.500. The van der Waals surface area contributed by atoms with Crippen LogP contribution in [0.25, 0.3) is 0 Å². The van der Waals surface area contributed by atoms with E-state index in [2.05, 4.69) is 18.3 Å². The van der Waals surface area contributed by atoms with Gasteiger partial charge in [0.05, 0.1) is 0 Å². The fourth-order valence-electron chi connectivity index (χ4n) is 2.03. The monoisotopic (exact) mass is 190 g/mol. The summed E-state index contributed by atoms with van der Waals surface area (Å²) in [4.78, 5) is 0. The number of nitrogen functional groups attached to an aromatic ring is 1. The van der Waals surface area contributed by atoms with Gasteiger partial charge in [0.1, 0.15) is 0 Å². The van der Waals surface area contributed by atoms with E-state index >= 15 is 0 Å². The van der Waals surface area contributed by atoms with Gasteiger partial charge in [-0.2, -0.15) is 0 Å². The number of anilines is 1. The summed E-state index contributed by atoms with van der Waals surface area (Å²) in [6.07, 6.45) is 2.64. The second-order valence-corrected chi connectivity index (χ2v) is 4.40. The fourth-order valence-corrected chi connectivity index (χ4v) is 2.03. The van der Waals surface area contributed by atoms with E-state index < -0.39 is 0 Å². The summed E-state index contributed by atoms with van der Waals surface area (Å²) in [5.41, 5.74) is 7.84. The molecule has 0 bridgehead atoms. The molecule has 0 amide bonds. The second-order valence-electron chi connectivity index (χ2n) is 4.40. The van der Waals surface area contributed by atoms with Gasteiger partial charge < -0.3 is 11.1 Å². The molecule has 0 unspecified atom stereocenters. The highest BCUT2D eigenvalue weighted by atomic mass is 14.9. The third-order valence-corrected chi connectivity index (χ3v) is 2.92. The number of nitrogens with one attached hydrogen (secondary N) is 1. The van der Waals surface area contributed by atoms with Crippen LogP contribution >= 0.6 is 0 Å². The van der Waals surface area contributed by atoms with Crippen LogP contribution in [0.1, 0.15) is 25.3 Å². The normalized spacial score (nSPS) is 25.8. The standard InChI is InChI=1S/C12H18N2/c1-9-5-12(6-9)14-8-10-3-2-4-11(13)7-10/h2-4,7,9,12,14H,5-6,8,13H2,1H3. The lowest BCUT2D eigenvalue weighted by atomic mass is 9.82. The first-order chi connectivity index (χ1) is 6.74. The van der Waals surface area contributed by atoms with E-state index in [4.69, 9.17) is 5.73 Å². The van der Waals surface area contributed by atoms with Gasteiger partial charge in [-0.25, -0.2) is 0 Å². The van der Waals surface area contributed by atoms with Crippen molar-refractivity contribution in [2.75, 3.05) is 5.73 Å². The summed E-state index contributed by atoms with van der Waals surface area (Å²) < 4.78 is 0. The Kier molecular flexibility index (Phi) is 2.73. The molecule has 2 nitrogen and oxygen atoms in total. The number of hydrogen-bond acceptors (Lipinski definition) is 2. The molecule has 1 aromatic carbocycles. The Morgan fingerprint density at radius 1 is 1.43 bits per heavy atom. The minimum absolute atomic E-state index is 0.728. The second kappa shape index (κ2) is 4.01. The van der Waals surface area contributed by atoms with Crippen molar-refractivity contribution in [3.63, 3.8) is 0 Å². The van der Waals surface area contributed by atoms with Crippen LogP contribution in [0.4, 0.5) is 5.69 Å². The van der Waals surface area contributed by atoms with E-state index in [1.807, 2.05) is 18.2 Å². The van der Waals surface area contributed by atoms with Crippen LogP contribution in [0.3, 0.4) is 0 Å². The van der Waals surface area contributed by atoms with Gasteiger partial charge in [-0.15, -0.1) is 0 Å². The first kappa shape index (κ1) is 9.53. The zero-order chi connectivity index (χ0) is 9.97. The van der Waals surface area contributed by atoms with Gasteiger partial charge in [-0.05, 0) is 36.5 Å². The van der Waals surface area contributed by atoms with Gasteiger partial charge >= 0.3 is 0 Å². The topological polar surface area (TPSA) is 38.0 Å². The van der Waals surface area contributed by atoms with Crippen molar-refractivity contribution < 1.29 is 0 Å². The maximum absolute atomic E-state index is 5.71. The summed E-state index contributed by atoms with van der Waals surface area (Å²) in [5.74, 6) is 0.911. The van der Waals surface area contributed by atoms with E-state index in [1.165, 1.54) is 18.4 Å². The van der Waals surface area contributed by atoms with Crippen molar-refractivity contribution in [2.45, 2.75) is 32.4 Å². The molecule has 0 atom stereocenters. The smallest absolute Gasteiger partial charge is 0.0317 e. The Morgan fingerprint density at radius 3 is 2.86 bits per heavy atom. The molecule has 1 aromatic rings. The third-order valence-electron chi connectivity index (χ3n) is 2.92. The molecule has 2 heteroatoms. The molecule has 1 fully saturated rings. The van der Waals surface area contributed by atoms with Crippen molar-refractivity contribution in [2.24, 2.45) is 5.92 Å². The van der Waals surface area contributed by atoms with Gasteiger partial charge in [0.25, 0.3) is 0 Å². The summed E-state index contributed by atoms with van der Waals surface area (Å²) in [5, 5.41) is 3.54. The van der Waals surface area contributed by atoms with E-state index in [-0.39, 0.29) is 0 Å². The van der Waals surface area contributed by atoms with Crippen LogP contribution in [-0.2, 0) is 6.54 Å². The highest BCUT2D eigenvalue weighted by Crippen LogP contribution is 2.26. The van der Waals surface area contributed by atoms with Crippen LogP contribution in [0, 0.1) is 5.92 Å². The Bertz CT molecular complexity index is 303. The van der Waals surface area contributed by atoms with Crippen molar-refractivity contribution in [3.05, 3.63) is 29.8 Å². The molecule has 0 heterocycles. The highest BCUT2D eigenvalue weighted by molar-refractivity contribution is 5.40. The maximum atomic E-state index is 5.71. The van der Waals surface area contributed by atoms with Crippen molar-refractivity contribution in [1.29, 1.82) is 0 Å². The number of nitrogens with two attached hydrogens (primary N) is 1. The van der Waals surface area contributed by atoms with E-state index in [9.17, 15) is 0 Å². The van der Waals surface area contributed by atoms with Gasteiger partial charge in [-0.3, -0.25) is 0 Å². The Hall–Kier alpha value is -1.02. The van der Waals surface area contributed by atoms with Crippen molar-refractivity contribution >= 4 is 5.69 Å². The van der Waals surface area contributed by atoms with E-state index in [1.54, 1.807) is 0 Å². The predicted molar refractivity (Wildman–Crippen MR) is 59.9 cm³/mol. The Morgan fingerprint density at radius 2 is 2.21 bits per heavy atom. The van der Waals surface area contributed by atoms with Gasteiger partial charge in [0, 0.05) is 18.3 Å². The first-order valence-electron chi connectivity index (χ1n) is 5.32. The molecule has 14 heavy (non-hydrogen) atoms. The third kappa shape index (κ3) is 2.26. The van der Waals surface area contributed by atoms with Crippen molar-refractivity contribution in [1.82, 2.24) is 5.32 Å². The highest BCUT2D eigenvalue weighted by Gasteiger charge is 2.24. The zero-order valence-electron chi connectivity index (χ0n) is 8.66. The van der Waals surface area contributed by atoms with Crippen LogP contribution in [0.15, 0.2) is 24.3 Å². The maximum Gasteiger partial charge on any atom is 0.0317 e. The minimum Gasteiger partial charge on any atom is -0.399 e. The molecule has 2 rings (SSSR count). The van der Waals surface area contributed by atoms with E-state index in [0.717, 1.165) is 24.2 Å². The quantitative estimate of drug-likeness (QED) is 0.717. The SMILES string of the molecule is CC1CC(NCc2cccc(N)c2)C1.